The van der Waals surface area contributed by atoms with Gasteiger partial charge >= 0.3 is 12.1 Å². The second-order valence-corrected chi connectivity index (χ2v) is 6.57. The summed E-state index contributed by atoms with van der Waals surface area (Å²) >= 11 is 16.8. The summed E-state index contributed by atoms with van der Waals surface area (Å²) in [7, 11) is 1.57. The summed E-state index contributed by atoms with van der Waals surface area (Å²) in [5, 5.41) is 6.89. The maximum absolute atomic E-state index is 12.8. The van der Waals surface area contributed by atoms with Crippen LogP contribution in [0.5, 0.6) is 0 Å². The molecule has 0 unspecified atom stereocenters. The zero-order chi connectivity index (χ0) is 20.6. The average Bonchev–Trinajstić information content (AvgIpc) is 3.15. The second-order valence-electron chi connectivity index (χ2n) is 5.43. The number of nitrogens with zero attached hydrogens (tertiary/aromatic N) is 3. The monoisotopic (exact) mass is 451 g/mol. The Labute approximate surface area is 170 Å². The molecule has 148 valence electrons. The molecule has 8 nitrogen and oxygen atoms in total. The van der Waals surface area contributed by atoms with Crippen molar-refractivity contribution in [3.63, 3.8) is 0 Å². The summed E-state index contributed by atoms with van der Waals surface area (Å²) in [6, 6.07) is 2.91. The highest BCUT2D eigenvalue weighted by molar-refractivity contribution is 7.80. The van der Waals surface area contributed by atoms with Gasteiger partial charge in [-0.15, -0.1) is 0 Å². The van der Waals surface area contributed by atoms with E-state index < -0.39 is 17.6 Å². The summed E-state index contributed by atoms with van der Waals surface area (Å²) in [4.78, 5) is 18.6. The topological polar surface area (TPSA) is 99.7 Å². The predicted molar refractivity (Wildman–Crippen MR) is 101 cm³/mol. The van der Waals surface area contributed by atoms with Crippen LogP contribution in [0.3, 0.4) is 0 Å². The quantitative estimate of drug-likeness (QED) is 0.352. The van der Waals surface area contributed by atoms with Crippen LogP contribution in [0, 0.1) is 0 Å². The average molecular weight is 452 g/mol. The summed E-state index contributed by atoms with van der Waals surface area (Å²) in [5.74, 6) is -0.785. The van der Waals surface area contributed by atoms with Crippen molar-refractivity contribution in [3.8, 4) is 0 Å². The number of rotatable bonds is 2. The lowest BCUT2D eigenvalue weighted by Crippen LogP contribution is -2.44. The van der Waals surface area contributed by atoms with E-state index in [1.807, 2.05) is 0 Å². The maximum atomic E-state index is 12.8. The SMILES string of the molecule is Cn1nc(NC(=S)NNC(=O)c2nc3ccc(C(F)(F)F)cc3[nH]2)c(Cl)c1Cl. The number of hydrogen-bond donors (Lipinski definition) is 4. The second kappa shape index (κ2) is 7.45. The molecule has 1 aromatic carbocycles. The van der Waals surface area contributed by atoms with Crippen LogP contribution in [0.2, 0.25) is 10.2 Å². The minimum atomic E-state index is -4.50. The van der Waals surface area contributed by atoms with Gasteiger partial charge in [-0.2, -0.15) is 18.3 Å². The summed E-state index contributed by atoms with van der Waals surface area (Å²) in [6.07, 6.45) is -4.50. The fraction of sp³-hybridized carbons (Fsp3) is 0.143. The van der Waals surface area contributed by atoms with Crippen molar-refractivity contribution in [3.05, 3.63) is 39.8 Å². The minimum Gasteiger partial charge on any atom is -0.334 e. The van der Waals surface area contributed by atoms with Gasteiger partial charge in [-0.3, -0.25) is 20.3 Å². The highest BCUT2D eigenvalue weighted by atomic mass is 35.5. The van der Waals surface area contributed by atoms with Gasteiger partial charge in [0.1, 0.15) is 10.2 Å². The number of hydrogen-bond acceptors (Lipinski definition) is 4. The van der Waals surface area contributed by atoms with Crippen molar-refractivity contribution in [1.29, 1.82) is 0 Å². The molecule has 2 aromatic heterocycles. The van der Waals surface area contributed by atoms with E-state index in [1.165, 1.54) is 4.68 Å². The fourth-order valence-corrected chi connectivity index (χ4v) is 2.64. The van der Waals surface area contributed by atoms with Crippen LogP contribution in [-0.2, 0) is 13.2 Å². The van der Waals surface area contributed by atoms with E-state index in [1.54, 1.807) is 7.05 Å². The van der Waals surface area contributed by atoms with Crippen LogP contribution >= 0.6 is 35.4 Å². The number of thiocarbonyl (C=S) groups is 1. The highest BCUT2D eigenvalue weighted by Crippen LogP contribution is 2.31. The first-order chi connectivity index (χ1) is 13.1. The molecule has 0 saturated carbocycles. The number of halogens is 5. The van der Waals surface area contributed by atoms with E-state index >= 15 is 0 Å². The standard InChI is InChI=1S/C14H10Cl2F3N7OS/c1-26-9(16)8(15)10(25-26)22-13(28)24-23-12(27)11-20-6-3-2-5(14(17,18)19)4-7(6)21-11/h2-4H,1H3,(H,20,21)(H,23,27)(H2,22,24,25,28). The van der Waals surface area contributed by atoms with Gasteiger partial charge < -0.3 is 10.3 Å². The molecule has 0 aliphatic rings. The van der Waals surface area contributed by atoms with Gasteiger partial charge in [0.2, 0.25) is 0 Å². The molecule has 3 aromatic rings. The van der Waals surface area contributed by atoms with Crippen molar-refractivity contribution in [2.75, 3.05) is 5.32 Å². The van der Waals surface area contributed by atoms with Crippen LogP contribution in [-0.4, -0.2) is 30.8 Å². The Morgan fingerprint density at radius 3 is 2.61 bits per heavy atom. The van der Waals surface area contributed by atoms with E-state index in [9.17, 15) is 18.0 Å². The number of aromatic amines is 1. The number of imidazole rings is 1. The van der Waals surface area contributed by atoms with Gasteiger partial charge in [-0.25, -0.2) is 4.98 Å². The third-order valence-electron chi connectivity index (χ3n) is 3.47. The Balaban J connectivity index is 1.66. The Bertz CT molecular complexity index is 1080. The Morgan fingerprint density at radius 2 is 2.00 bits per heavy atom. The minimum absolute atomic E-state index is 0.0551. The molecule has 0 aliphatic carbocycles. The number of nitrogens with one attached hydrogen (secondary N) is 4. The lowest BCUT2D eigenvalue weighted by Gasteiger charge is -2.09. The number of aryl methyl sites for hydroxylation is 1. The molecular weight excluding hydrogens is 442 g/mol. The Morgan fingerprint density at radius 1 is 1.29 bits per heavy atom. The molecule has 28 heavy (non-hydrogen) atoms. The molecule has 3 rings (SSSR count). The predicted octanol–water partition coefficient (Wildman–Crippen LogP) is 3.25. The van der Waals surface area contributed by atoms with Crippen molar-refractivity contribution in [1.82, 2.24) is 30.6 Å². The molecule has 0 radical (unpaired) electrons. The molecule has 0 aliphatic heterocycles. The summed E-state index contributed by atoms with van der Waals surface area (Å²) < 4.78 is 39.6. The molecule has 0 fully saturated rings. The number of fused-ring (bicyclic) bond motifs is 1. The molecule has 0 spiro atoms. The van der Waals surface area contributed by atoms with Crippen LogP contribution in [0.25, 0.3) is 11.0 Å². The molecule has 4 N–H and O–H groups in total. The van der Waals surface area contributed by atoms with Crippen LogP contribution in [0.1, 0.15) is 16.2 Å². The maximum Gasteiger partial charge on any atom is 0.416 e. The van der Waals surface area contributed by atoms with E-state index in [4.69, 9.17) is 35.4 Å². The van der Waals surface area contributed by atoms with Crippen LogP contribution < -0.4 is 16.2 Å². The number of anilines is 1. The number of benzene rings is 1. The van der Waals surface area contributed by atoms with E-state index in [2.05, 4.69) is 31.2 Å². The number of H-pyrrole nitrogens is 1. The number of aromatic nitrogens is 4. The first-order valence-electron chi connectivity index (χ1n) is 7.38. The van der Waals surface area contributed by atoms with Gasteiger partial charge in [0.05, 0.1) is 16.6 Å². The van der Waals surface area contributed by atoms with Crippen molar-refractivity contribution < 1.29 is 18.0 Å². The molecule has 0 bridgehead atoms. The summed E-state index contributed by atoms with van der Waals surface area (Å²) in [6.45, 7) is 0. The molecule has 2 heterocycles. The lowest BCUT2D eigenvalue weighted by molar-refractivity contribution is -0.137. The molecule has 14 heteroatoms. The van der Waals surface area contributed by atoms with E-state index in [0.717, 1.165) is 18.2 Å². The van der Waals surface area contributed by atoms with Crippen molar-refractivity contribution in [2.45, 2.75) is 6.18 Å². The largest absolute Gasteiger partial charge is 0.416 e. The number of hydrazine groups is 1. The normalized spacial score (nSPS) is 11.5. The van der Waals surface area contributed by atoms with Gasteiger partial charge in [0, 0.05) is 7.05 Å². The van der Waals surface area contributed by atoms with Gasteiger partial charge in [-0.1, -0.05) is 23.2 Å². The first-order valence-corrected chi connectivity index (χ1v) is 8.55. The lowest BCUT2D eigenvalue weighted by atomic mass is 10.2. The van der Waals surface area contributed by atoms with Crippen molar-refractivity contribution >= 4 is 63.3 Å². The zero-order valence-electron chi connectivity index (χ0n) is 13.8. The molecule has 0 saturated heterocycles. The zero-order valence-corrected chi connectivity index (χ0v) is 16.1. The Kier molecular flexibility index (Phi) is 5.37. The number of alkyl halides is 3. The summed E-state index contributed by atoms with van der Waals surface area (Å²) in [5.41, 5.74) is 4.05. The first kappa shape index (κ1) is 20.2. The number of amides is 1. The van der Waals surface area contributed by atoms with E-state index in [0.29, 0.717) is 0 Å². The van der Waals surface area contributed by atoms with Gasteiger partial charge in [0.15, 0.2) is 16.8 Å². The van der Waals surface area contributed by atoms with Gasteiger partial charge in [0.25, 0.3) is 0 Å². The van der Waals surface area contributed by atoms with Crippen molar-refractivity contribution in [2.24, 2.45) is 7.05 Å². The fourth-order valence-electron chi connectivity index (χ4n) is 2.16. The molecule has 1 amide bonds. The number of carbonyl (C=O) groups excluding carboxylic acids is 1. The van der Waals surface area contributed by atoms with Crippen LogP contribution in [0.15, 0.2) is 18.2 Å². The van der Waals surface area contributed by atoms with Gasteiger partial charge in [-0.05, 0) is 30.4 Å². The van der Waals surface area contributed by atoms with E-state index in [-0.39, 0.29) is 38.0 Å². The molecule has 0 atom stereocenters. The highest BCUT2D eigenvalue weighted by Gasteiger charge is 2.30. The smallest absolute Gasteiger partial charge is 0.334 e. The number of carbonyl (C=O) groups is 1. The van der Waals surface area contributed by atoms with Crippen LogP contribution in [0.4, 0.5) is 19.0 Å². The molecular formula is C14H10Cl2F3N7OS. The third kappa shape index (κ3) is 4.13. The Hall–Kier alpha value is -2.57. The third-order valence-corrected chi connectivity index (χ3v) is 4.56.